The second-order valence-corrected chi connectivity index (χ2v) is 5.98. The molecule has 0 unspecified atom stereocenters. The summed E-state index contributed by atoms with van der Waals surface area (Å²) in [4.78, 5) is 16.8. The molecule has 2 aromatic heterocycles. The van der Waals surface area contributed by atoms with E-state index in [1.165, 1.54) is 0 Å². The molecule has 124 valence electrons. The maximum absolute atomic E-state index is 12.7. The fourth-order valence-corrected chi connectivity index (χ4v) is 2.92. The van der Waals surface area contributed by atoms with Crippen molar-refractivity contribution < 1.29 is 13.6 Å². The van der Waals surface area contributed by atoms with Gasteiger partial charge in [0.1, 0.15) is 11.5 Å². The zero-order chi connectivity index (χ0) is 16.1. The number of amides is 2. The Morgan fingerprint density at radius 2 is 1.87 bits per heavy atom. The topological polar surface area (TPSA) is 61.9 Å². The van der Waals surface area contributed by atoms with Gasteiger partial charge in [-0.25, -0.2) is 4.79 Å². The van der Waals surface area contributed by atoms with E-state index < -0.39 is 0 Å². The van der Waals surface area contributed by atoms with Crippen LogP contribution in [0.2, 0.25) is 0 Å². The highest BCUT2D eigenvalue weighted by Crippen LogP contribution is 2.19. The van der Waals surface area contributed by atoms with E-state index in [1.807, 2.05) is 29.2 Å². The predicted octanol–water partition coefficient (Wildman–Crippen LogP) is 2.68. The molecule has 0 aromatic carbocycles. The monoisotopic (exact) mass is 317 g/mol. The Kier molecular flexibility index (Phi) is 5.02. The molecule has 0 aliphatic carbocycles. The van der Waals surface area contributed by atoms with Gasteiger partial charge in [-0.1, -0.05) is 0 Å². The number of hydrogen-bond donors (Lipinski definition) is 1. The number of carbonyl (C=O) groups is 1. The predicted molar refractivity (Wildman–Crippen MR) is 85.7 cm³/mol. The molecule has 2 amide bonds. The standard InChI is InChI=1S/C17H23N3O3/c1-19-8-6-14(7-9-19)20(13-16-5-3-11-23-16)17(21)18-12-15-4-2-10-22-15/h2-5,10-11,14H,6-9,12-13H2,1H3,(H,18,21). The average molecular weight is 317 g/mol. The minimum Gasteiger partial charge on any atom is -0.467 e. The second-order valence-electron chi connectivity index (χ2n) is 5.98. The van der Waals surface area contributed by atoms with Crippen LogP contribution in [-0.2, 0) is 13.1 Å². The van der Waals surface area contributed by atoms with E-state index in [0.29, 0.717) is 13.1 Å². The number of carbonyl (C=O) groups excluding carboxylic acids is 1. The molecule has 3 heterocycles. The molecule has 3 rings (SSSR count). The maximum atomic E-state index is 12.7. The number of nitrogens with one attached hydrogen (secondary N) is 1. The van der Waals surface area contributed by atoms with Crippen LogP contribution in [0.5, 0.6) is 0 Å². The molecular formula is C17H23N3O3. The average Bonchev–Trinajstić information content (AvgIpc) is 3.25. The summed E-state index contributed by atoms with van der Waals surface area (Å²) in [7, 11) is 2.12. The van der Waals surface area contributed by atoms with E-state index in [-0.39, 0.29) is 12.1 Å². The summed E-state index contributed by atoms with van der Waals surface area (Å²) >= 11 is 0. The van der Waals surface area contributed by atoms with E-state index in [9.17, 15) is 4.79 Å². The lowest BCUT2D eigenvalue weighted by Gasteiger charge is -2.36. The first-order valence-electron chi connectivity index (χ1n) is 8.00. The fourth-order valence-electron chi connectivity index (χ4n) is 2.92. The normalized spacial score (nSPS) is 16.4. The number of hydrogen-bond acceptors (Lipinski definition) is 4. The number of piperidine rings is 1. The van der Waals surface area contributed by atoms with Gasteiger partial charge in [-0.05, 0) is 57.2 Å². The Morgan fingerprint density at radius 1 is 1.22 bits per heavy atom. The number of urea groups is 1. The first-order chi connectivity index (χ1) is 11.2. The molecule has 23 heavy (non-hydrogen) atoms. The first-order valence-corrected chi connectivity index (χ1v) is 8.00. The second kappa shape index (κ2) is 7.37. The smallest absolute Gasteiger partial charge is 0.318 e. The highest BCUT2D eigenvalue weighted by Gasteiger charge is 2.27. The largest absolute Gasteiger partial charge is 0.467 e. The Morgan fingerprint density at radius 3 is 2.48 bits per heavy atom. The third-order valence-corrected chi connectivity index (χ3v) is 4.29. The zero-order valence-corrected chi connectivity index (χ0v) is 13.4. The van der Waals surface area contributed by atoms with E-state index >= 15 is 0 Å². The van der Waals surface area contributed by atoms with Gasteiger partial charge in [0.05, 0.1) is 25.6 Å². The summed E-state index contributed by atoms with van der Waals surface area (Å²) in [5, 5.41) is 2.94. The highest BCUT2D eigenvalue weighted by atomic mass is 16.3. The quantitative estimate of drug-likeness (QED) is 0.921. The van der Waals surface area contributed by atoms with Crippen molar-refractivity contribution in [2.24, 2.45) is 0 Å². The van der Waals surface area contributed by atoms with Crippen molar-refractivity contribution in [3.8, 4) is 0 Å². The lowest BCUT2D eigenvalue weighted by Crippen LogP contribution is -2.49. The van der Waals surface area contributed by atoms with Gasteiger partial charge in [-0.3, -0.25) is 0 Å². The lowest BCUT2D eigenvalue weighted by atomic mass is 10.0. The Labute approximate surface area is 136 Å². The Balaban J connectivity index is 1.64. The summed E-state index contributed by atoms with van der Waals surface area (Å²) in [5.74, 6) is 1.55. The van der Waals surface area contributed by atoms with Crippen LogP contribution in [0.3, 0.4) is 0 Å². The molecule has 1 N–H and O–H groups in total. The van der Waals surface area contributed by atoms with Gasteiger partial charge in [-0.2, -0.15) is 0 Å². The molecule has 1 aliphatic heterocycles. The molecule has 0 spiro atoms. The molecule has 6 nitrogen and oxygen atoms in total. The van der Waals surface area contributed by atoms with Crippen LogP contribution < -0.4 is 5.32 Å². The minimum atomic E-state index is -0.0765. The summed E-state index contributed by atoms with van der Waals surface area (Å²) in [5.41, 5.74) is 0. The Bertz CT molecular complexity index is 587. The van der Waals surface area contributed by atoms with Gasteiger partial charge in [0.25, 0.3) is 0 Å². The van der Waals surface area contributed by atoms with Gasteiger partial charge < -0.3 is 24.0 Å². The van der Waals surface area contributed by atoms with Crippen LogP contribution in [0.25, 0.3) is 0 Å². The van der Waals surface area contributed by atoms with E-state index in [1.54, 1.807) is 12.5 Å². The Hall–Kier alpha value is -2.21. The first kappa shape index (κ1) is 15.7. The number of rotatable bonds is 5. The number of likely N-dealkylation sites (tertiary alicyclic amines) is 1. The van der Waals surface area contributed by atoms with E-state index in [2.05, 4.69) is 17.3 Å². The van der Waals surface area contributed by atoms with Crippen LogP contribution in [0, 0.1) is 0 Å². The van der Waals surface area contributed by atoms with Gasteiger partial charge in [0, 0.05) is 6.04 Å². The number of furan rings is 2. The van der Waals surface area contributed by atoms with Crippen molar-refractivity contribution in [3.05, 3.63) is 48.3 Å². The summed E-state index contributed by atoms with van der Waals surface area (Å²) in [6.07, 6.45) is 5.21. The van der Waals surface area contributed by atoms with Crippen molar-refractivity contribution in [1.82, 2.24) is 15.1 Å². The molecule has 1 aliphatic rings. The molecule has 1 saturated heterocycles. The van der Waals surface area contributed by atoms with E-state index in [4.69, 9.17) is 8.83 Å². The molecule has 0 bridgehead atoms. The SMILES string of the molecule is CN1CCC(N(Cc2ccco2)C(=O)NCc2ccco2)CC1. The van der Waals surface area contributed by atoms with Crippen LogP contribution in [-0.4, -0.2) is 42.0 Å². The number of nitrogens with zero attached hydrogens (tertiary/aromatic N) is 2. The third kappa shape index (κ3) is 4.16. The lowest BCUT2D eigenvalue weighted by molar-refractivity contribution is 0.121. The maximum Gasteiger partial charge on any atom is 0.318 e. The van der Waals surface area contributed by atoms with Gasteiger partial charge in [0.2, 0.25) is 0 Å². The van der Waals surface area contributed by atoms with Gasteiger partial charge in [0.15, 0.2) is 0 Å². The van der Waals surface area contributed by atoms with Crippen molar-refractivity contribution in [2.75, 3.05) is 20.1 Å². The van der Waals surface area contributed by atoms with Crippen molar-refractivity contribution in [3.63, 3.8) is 0 Å². The van der Waals surface area contributed by atoms with Crippen LogP contribution in [0.15, 0.2) is 45.6 Å². The van der Waals surface area contributed by atoms with Crippen molar-refractivity contribution >= 4 is 6.03 Å². The fraction of sp³-hybridized carbons (Fsp3) is 0.471. The highest BCUT2D eigenvalue weighted by molar-refractivity contribution is 5.74. The summed E-state index contributed by atoms with van der Waals surface area (Å²) < 4.78 is 10.7. The molecule has 1 fully saturated rings. The van der Waals surface area contributed by atoms with E-state index in [0.717, 1.165) is 37.5 Å². The van der Waals surface area contributed by atoms with Gasteiger partial charge in [-0.15, -0.1) is 0 Å². The van der Waals surface area contributed by atoms with Crippen LogP contribution in [0.1, 0.15) is 24.4 Å². The molecule has 0 atom stereocenters. The van der Waals surface area contributed by atoms with Crippen LogP contribution in [0.4, 0.5) is 4.79 Å². The molecule has 0 radical (unpaired) electrons. The van der Waals surface area contributed by atoms with Gasteiger partial charge >= 0.3 is 6.03 Å². The molecular weight excluding hydrogens is 294 g/mol. The molecule has 0 saturated carbocycles. The molecule has 6 heteroatoms. The van der Waals surface area contributed by atoms with Crippen LogP contribution >= 0.6 is 0 Å². The molecule has 2 aromatic rings. The van der Waals surface area contributed by atoms with Crippen molar-refractivity contribution in [1.29, 1.82) is 0 Å². The zero-order valence-electron chi connectivity index (χ0n) is 13.4. The summed E-state index contributed by atoms with van der Waals surface area (Å²) in [6, 6.07) is 7.58. The minimum absolute atomic E-state index is 0.0765. The third-order valence-electron chi connectivity index (χ3n) is 4.29. The summed E-state index contributed by atoms with van der Waals surface area (Å²) in [6.45, 7) is 2.90. The van der Waals surface area contributed by atoms with Crippen molar-refractivity contribution in [2.45, 2.75) is 32.0 Å².